The quantitative estimate of drug-likeness (QED) is 0.133. The summed E-state index contributed by atoms with van der Waals surface area (Å²) in [6, 6.07) is 92.7. The molecule has 7 aliphatic carbocycles. The van der Waals surface area contributed by atoms with Crippen LogP contribution in [0.15, 0.2) is 306 Å². The maximum Gasteiger partial charge on any atom is 0.252 e. The molecular weight excluding hydrogens is 1380 g/mol. The monoisotopic (exact) mass is 1490 g/mol. The molecule has 0 bridgehead atoms. The summed E-state index contributed by atoms with van der Waals surface area (Å²) in [4.78, 5) is 5.58. The van der Waals surface area contributed by atoms with Crippen molar-refractivity contribution in [2.75, 3.05) is 9.80 Å². The molecule has 20 rings (SSSR count). The molecule has 0 spiro atoms. The van der Waals surface area contributed by atoms with Crippen LogP contribution >= 0.6 is 0 Å². The zero-order chi connectivity index (χ0) is 79.1. The molecule has 0 fully saturated rings. The Morgan fingerprint density at radius 3 is 1.37 bits per heavy atom. The number of hydrogen-bond acceptors (Lipinski definition) is 2. The lowest BCUT2D eigenvalue weighted by molar-refractivity contribution is 0.191. The molecule has 0 amide bonds. The van der Waals surface area contributed by atoms with Gasteiger partial charge in [-0.15, -0.1) is 0 Å². The summed E-state index contributed by atoms with van der Waals surface area (Å²) in [5.74, 6) is 2.65. The van der Waals surface area contributed by atoms with Crippen LogP contribution in [0.1, 0.15) is 181 Å². The van der Waals surface area contributed by atoms with Gasteiger partial charge in [0.2, 0.25) is 0 Å². The van der Waals surface area contributed by atoms with Gasteiger partial charge in [0.25, 0.3) is 6.71 Å². The molecule has 0 saturated heterocycles. The molecule has 2 aliphatic heterocycles. The molecule has 0 radical (unpaired) electrons. The lowest BCUT2D eigenvalue weighted by Crippen LogP contribution is -2.61. The van der Waals surface area contributed by atoms with Crippen LogP contribution in [0, 0.1) is 45.3 Å². The summed E-state index contributed by atoms with van der Waals surface area (Å²) in [7, 11) is 0. The summed E-state index contributed by atoms with van der Waals surface area (Å²) >= 11 is 0. The molecule has 2 heterocycles. The Balaban J connectivity index is 0.942. The minimum Gasteiger partial charge on any atom is -0.310 e. The van der Waals surface area contributed by atoms with E-state index in [-0.39, 0.29) is 33.8 Å². The average molecular weight is 1490 g/mol. The highest BCUT2D eigenvalue weighted by atomic mass is 15.2. The average Bonchev–Trinajstić information content (AvgIpc) is 0.682. The third-order valence-electron chi connectivity index (χ3n) is 28.2. The van der Waals surface area contributed by atoms with Gasteiger partial charge in [-0.05, 0) is 236 Å². The van der Waals surface area contributed by atoms with Crippen molar-refractivity contribution >= 4 is 68.9 Å². The SMILES string of the molecule is CC(C)(C)C1=CC2=CC(c3ccc4c(c3)N(c3c(-c5ccccc5)cccc3-c3ccccc3)c3cc(-c5ccc(C(C)(C)C)cc5)cc5c3B4c3ccc(-c4cc6c7c8c4C=C(C(C)(C)C)CC8CCC7CC(C(C)(C)C)C6)cc3N5c3c(-c4ccccc4)cccc3-c3ccccc3)=C3C=C(C(C)(C)C)CC4C=CC(=C1)C2C34. The summed E-state index contributed by atoms with van der Waals surface area (Å²) in [5, 5.41) is 0. The summed E-state index contributed by atoms with van der Waals surface area (Å²) in [6.07, 6.45) is 25.4. The van der Waals surface area contributed by atoms with Gasteiger partial charge in [0, 0.05) is 56.8 Å². The fraction of sp³-hybridized carbons (Fsp3) is 0.286. The number of rotatable bonds is 9. The van der Waals surface area contributed by atoms with Gasteiger partial charge in [-0.3, -0.25) is 0 Å². The molecule has 3 heteroatoms. The Morgan fingerprint density at radius 2 is 0.861 bits per heavy atom. The number of allylic oxidation sites excluding steroid dienone is 13. The zero-order valence-corrected chi connectivity index (χ0v) is 70.2. The summed E-state index contributed by atoms with van der Waals surface area (Å²) < 4.78 is 0. The molecule has 11 aromatic carbocycles. The van der Waals surface area contributed by atoms with Crippen molar-refractivity contribution in [2.45, 2.75) is 160 Å². The first-order valence-electron chi connectivity index (χ1n) is 43.0. The summed E-state index contributed by atoms with van der Waals surface area (Å²) in [6.45, 7) is 36.2. The van der Waals surface area contributed by atoms with Crippen molar-refractivity contribution in [2.24, 2.45) is 45.3 Å². The molecule has 2 nitrogen and oxygen atoms in total. The van der Waals surface area contributed by atoms with E-state index >= 15 is 0 Å². The van der Waals surface area contributed by atoms with Crippen molar-refractivity contribution in [1.82, 2.24) is 0 Å². The number of benzene rings is 11. The fourth-order valence-electron chi connectivity index (χ4n) is 21.9. The molecule has 0 saturated carbocycles. The van der Waals surface area contributed by atoms with Crippen LogP contribution < -0.4 is 26.2 Å². The molecule has 115 heavy (non-hydrogen) atoms. The van der Waals surface area contributed by atoms with E-state index in [1.165, 1.54) is 181 Å². The lowest BCUT2D eigenvalue weighted by atomic mass is 9.33. The van der Waals surface area contributed by atoms with E-state index in [4.69, 9.17) is 0 Å². The molecule has 6 unspecified atom stereocenters. The van der Waals surface area contributed by atoms with Gasteiger partial charge in [0.1, 0.15) is 0 Å². The smallest absolute Gasteiger partial charge is 0.252 e. The first-order chi connectivity index (χ1) is 55.2. The lowest BCUT2D eigenvalue weighted by Gasteiger charge is -2.48. The second kappa shape index (κ2) is 26.9. The molecule has 9 aliphatic rings. The predicted octanol–water partition coefficient (Wildman–Crippen LogP) is 28.9. The van der Waals surface area contributed by atoms with E-state index in [2.05, 4.69) is 393 Å². The van der Waals surface area contributed by atoms with E-state index in [1.54, 1.807) is 22.3 Å². The topological polar surface area (TPSA) is 6.48 Å². The van der Waals surface area contributed by atoms with E-state index in [0.717, 1.165) is 24.9 Å². The van der Waals surface area contributed by atoms with Crippen LogP contribution in [0.25, 0.3) is 78.4 Å². The van der Waals surface area contributed by atoms with Gasteiger partial charge in [-0.2, -0.15) is 0 Å². The molecule has 6 atom stereocenters. The molecule has 0 N–H and O–H groups in total. The highest BCUT2D eigenvalue weighted by Gasteiger charge is 2.50. The highest BCUT2D eigenvalue weighted by Crippen LogP contribution is 2.62. The second-order valence-corrected chi connectivity index (χ2v) is 40.4. The maximum atomic E-state index is 2.80. The van der Waals surface area contributed by atoms with Crippen LogP contribution in [-0.4, -0.2) is 6.71 Å². The predicted molar refractivity (Wildman–Crippen MR) is 492 cm³/mol. The number of fused-ring (bicyclic) bond motifs is 4. The largest absolute Gasteiger partial charge is 0.310 e. The van der Waals surface area contributed by atoms with Gasteiger partial charge in [-0.25, -0.2) is 0 Å². The van der Waals surface area contributed by atoms with Gasteiger partial charge in [0.05, 0.1) is 11.4 Å². The van der Waals surface area contributed by atoms with E-state index in [0.29, 0.717) is 35.5 Å². The number of anilines is 6. The first kappa shape index (κ1) is 73.2. The fourth-order valence-corrected chi connectivity index (χ4v) is 21.9. The maximum absolute atomic E-state index is 2.80. The van der Waals surface area contributed by atoms with Crippen molar-refractivity contribution in [1.29, 1.82) is 0 Å². The Morgan fingerprint density at radius 1 is 0.365 bits per heavy atom. The van der Waals surface area contributed by atoms with Crippen molar-refractivity contribution in [3.8, 4) is 66.8 Å². The van der Waals surface area contributed by atoms with Crippen molar-refractivity contribution in [3.05, 3.63) is 340 Å². The van der Waals surface area contributed by atoms with Crippen LogP contribution in [0.2, 0.25) is 0 Å². The number of hydrogen-bond donors (Lipinski definition) is 0. The van der Waals surface area contributed by atoms with Gasteiger partial charge < -0.3 is 9.80 Å². The van der Waals surface area contributed by atoms with E-state index < -0.39 is 0 Å². The third kappa shape index (κ3) is 12.3. The van der Waals surface area contributed by atoms with E-state index in [1.807, 2.05) is 0 Å². The zero-order valence-electron chi connectivity index (χ0n) is 70.2. The van der Waals surface area contributed by atoms with Crippen LogP contribution in [0.3, 0.4) is 0 Å². The Bertz CT molecular complexity index is 5940. The molecule has 570 valence electrons. The first-order valence-corrected chi connectivity index (χ1v) is 43.0. The summed E-state index contributed by atoms with van der Waals surface area (Å²) in [5.41, 5.74) is 44.8. The van der Waals surface area contributed by atoms with Crippen molar-refractivity contribution < 1.29 is 0 Å². The second-order valence-electron chi connectivity index (χ2n) is 40.4. The molecule has 0 aromatic heterocycles. The van der Waals surface area contributed by atoms with Crippen LogP contribution in [0.5, 0.6) is 0 Å². The Hall–Kier alpha value is -10.7. The van der Waals surface area contributed by atoms with Gasteiger partial charge in [0.15, 0.2) is 0 Å². The number of nitrogens with zero attached hydrogens (tertiary/aromatic N) is 2. The normalized spacial score (nSPS) is 20.4. The molecule has 11 aromatic rings. The Kier molecular flexibility index (Phi) is 17.1. The standard InChI is InChI=1S/C112H109BN2/c1-108(2,3)82-50-46-68(47-51-82)79-64-99-105-100(65-79)115(107-89(71-34-24-18-25-35-71)40-29-41-90(107)72-36-26-19-27-37-72)98-63-74(92-61-81-59-84(110(7,8)9)55-76-43-45-78-57-86(112(13,14)15)67-94(92)104(78)102(76)81)49-53-96(98)113(105)95-52-48-73(62-97(95)114(99)106-87(69-30-20-16-21-31-69)38-28-39-88(106)70-32-22-17-23-33-70)91-60-80-58-83(109(4,5)6)54-75-42-44-77-56-85(111(10,11)12)66-93(91)103(77)101(75)80/h16-42,44,46-54,58,60-67,76-78,84,101,103H,43,45,55-57,59H2,1-15H3. The third-order valence-corrected chi connectivity index (χ3v) is 28.2. The minimum atomic E-state index is -0.214. The van der Waals surface area contributed by atoms with E-state index in [9.17, 15) is 0 Å². The highest BCUT2D eigenvalue weighted by molar-refractivity contribution is 7.00. The number of para-hydroxylation sites is 2. The van der Waals surface area contributed by atoms with Gasteiger partial charge in [-0.1, -0.05) is 370 Å². The van der Waals surface area contributed by atoms with Crippen LogP contribution in [-0.2, 0) is 11.8 Å². The van der Waals surface area contributed by atoms with Crippen molar-refractivity contribution in [3.63, 3.8) is 0 Å². The molecular formula is C112H109BN2. The van der Waals surface area contributed by atoms with Gasteiger partial charge >= 0.3 is 0 Å². The van der Waals surface area contributed by atoms with Crippen LogP contribution in [0.4, 0.5) is 34.1 Å². The Labute approximate surface area is 685 Å². The minimum absolute atomic E-state index is 0.0113.